The Balaban J connectivity index is 1.38. The number of hydrogen-bond donors (Lipinski definition) is 3. The molecule has 0 saturated carbocycles. The minimum absolute atomic E-state index is 0.188. The summed E-state index contributed by atoms with van der Waals surface area (Å²) < 4.78 is 44.1. The van der Waals surface area contributed by atoms with Crippen LogP contribution >= 0.6 is 0 Å². The number of nitrogens with two attached hydrogens (primary N) is 1. The van der Waals surface area contributed by atoms with E-state index in [1.54, 1.807) is 6.07 Å². The van der Waals surface area contributed by atoms with Crippen molar-refractivity contribution >= 4 is 16.9 Å². The largest absolute Gasteiger partial charge is 0.416 e. The van der Waals surface area contributed by atoms with Crippen molar-refractivity contribution in [1.82, 2.24) is 20.4 Å². The summed E-state index contributed by atoms with van der Waals surface area (Å²) in [4.78, 5) is 0. The van der Waals surface area contributed by atoms with Gasteiger partial charge in [-0.3, -0.25) is 5.10 Å². The summed E-state index contributed by atoms with van der Waals surface area (Å²) in [5.41, 5.74) is 8.40. The second-order valence-corrected chi connectivity index (χ2v) is 7.02. The molecule has 0 saturated heterocycles. The van der Waals surface area contributed by atoms with Crippen molar-refractivity contribution in [2.75, 3.05) is 11.9 Å². The average Bonchev–Trinajstić information content (AvgIpc) is 3.33. The molecule has 30 heavy (non-hydrogen) atoms. The Morgan fingerprint density at radius 2 is 2.00 bits per heavy atom. The summed E-state index contributed by atoms with van der Waals surface area (Å²) in [5.74, 6) is 0.339. The van der Waals surface area contributed by atoms with Gasteiger partial charge in [0.15, 0.2) is 0 Å². The molecule has 156 valence electrons. The number of hydrogen-bond acceptors (Lipinski definition) is 6. The van der Waals surface area contributed by atoms with Crippen molar-refractivity contribution < 1.29 is 17.6 Å². The van der Waals surface area contributed by atoms with Crippen molar-refractivity contribution in [2.24, 2.45) is 5.73 Å². The van der Waals surface area contributed by atoms with E-state index in [1.807, 2.05) is 25.1 Å². The molecule has 0 unspecified atom stereocenters. The monoisotopic (exact) mass is 416 g/mol. The number of H-pyrrole nitrogens is 1. The molecule has 4 rings (SSSR count). The van der Waals surface area contributed by atoms with E-state index in [2.05, 4.69) is 25.7 Å². The summed E-state index contributed by atoms with van der Waals surface area (Å²) in [6, 6.07) is 10.5. The first-order chi connectivity index (χ1) is 14.3. The highest BCUT2D eigenvalue weighted by molar-refractivity contribution is 5.85. The standard InChI is InChI=1S/C20H19F3N6O/c1-11-16-9-13(5-6-17(16)27-26-11)18-28-29-19(30-18)25-10-15(24)8-12-3-2-4-14(7-12)20(21,22)23/h2-7,9,15H,8,10,24H2,1H3,(H,25,29)(H,26,27)/t15-/m0/s1. The first-order valence-electron chi connectivity index (χ1n) is 9.24. The molecular formula is C20H19F3N6O. The number of nitrogens with zero attached hydrogens (tertiary/aromatic N) is 3. The maximum atomic E-state index is 12.8. The van der Waals surface area contributed by atoms with Crippen molar-refractivity contribution in [3.8, 4) is 11.5 Å². The van der Waals surface area contributed by atoms with Crippen LogP contribution < -0.4 is 11.1 Å². The summed E-state index contributed by atoms with van der Waals surface area (Å²) in [5, 5.41) is 19.0. The van der Waals surface area contributed by atoms with Crippen molar-refractivity contribution in [1.29, 1.82) is 0 Å². The van der Waals surface area contributed by atoms with E-state index in [4.69, 9.17) is 10.2 Å². The summed E-state index contributed by atoms with van der Waals surface area (Å²) in [6.45, 7) is 2.16. The van der Waals surface area contributed by atoms with Gasteiger partial charge >= 0.3 is 12.2 Å². The molecule has 0 bridgehead atoms. The van der Waals surface area contributed by atoms with Gasteiger partial charge in [-0.25, -0.2) is 0 Å². The van der Waals surface area contributed by atoms with Gasteiger partial charge in [0.1, 0.15) is 0 Å². The highest BCUT2D eigenvalue weighted by Crippen LogP contribution is 2.30. The third kappa shape index (κ3) is 4.28. The minimum atomic E-state index is -4.38. The number of rotatable bonds is 6. The minimum Gasteiger partial charge on any atom is -0.403 e. The number of anilines is 1. The molecule has 0 radical (unpaired) electrons. The fourth-order valence-corrected chi connectivity index (χ4v) is 3.16. The quantitative estimate of drug-likeness (QED) is 0.440. The van der Waals surface area contributed by atoms with E-state index in [0.717, 1.165) is 34.3 Å². The summed E-state index contributed by atoms with van der Waals surface area (Å²) >= 11 is 0. The van der Waals surface area contributed by atoms with Gasteiger partial charge < -0.3 is 15.5 Å². The van der Waals surface area contributed by atoms with Crippen molar-refractivity contribution in [3.05, 3.63) is 59.3 Å². The van der Waals surface area contributed by atoms with Gasteiger partial charge in [0.25, 0.3) is 0 Å². The third-order valence-electron chi connectivity index (χ3n) is 4.69. The van der Waals surface area contributed by atoms with Gasteiger partial charge in [0.05, 0.1) is 16.8 Å². The molecule has 1 atom stereocenters. The van der Waals surface area contributed by atoms with Gasteiger partial charge in [0.2, 0.25) is 5.89 Å². The second kappa shape index (κ2) is 7.79. The van der Waals surface area contributed by atoms with Gasteiger partial charge in [-0.05, 0) is 43.2 Å². The number of aromatic nitrogens is 4. The Bertz CT molecular complexity index is 1170. The van der Waals surface area contributed by atoms with E-state index in [0.29, 0.717) is 11.5 Å². The Morgan fingerprint density at radius 3 is 2.80 bits per heavy atom. The maximum Gasteiger partial charge on any atom is 0.416 e. The first kappa shape index (κ1) is 19.9. The number of nitrogens with one attached hydrogen (secondary N) is 2. The number of aryl methyl sites for hydroxylation is 1. The molecule has 2 heterocycles. The fraction of sp³-hybridized carbons (Fsp3) is 0.250. The molecule has 0 aliphatic rings. The van der Waals surface area contributed by atoms with Crippen LogP contribution in [0.2, 0.25) is 0 Å². The van der Waals surface area contributed by atoms with Crippen LogP contribution in [-0.4, -0.2) is 33.0 Å². The van der Waals surface area contributed by atoms with Crippen LogP contribution in [0.1, 0.15) is 16.8 Å². The molecule has 0 aliphatic heterocycles. The number of aromatic amines is 1. The SMILES string of the molecule is Cc1n[nH]c2ccc(-c3nnc(NC[C@@H](N)Cc4cccc(C(F)(F)F)c4)o3)cc12. The van der Waals surface area contributed by atoms with E-state index >= 15 is 0 Å². The second-order valence-electron chi connectivity index (χ2n) is 7.02. The zero-order valence-corrected chi connectivity index (χ0v) is 16.0. The molecular weight excluding hydrogens is 397 g/mol. The summed E-state index contributed by atoms with van der Waals surface area (Å²) in [7, 11) is 0. The number of fused-ring (bicyclic) bond motifs is 1. The third-order valence-corrected chi connectivity index (χ3v) is 4.69. The summed E-state index contributed by atoms with van der Waals surface area (Å²) in [6.07, 6.45) is -4.11. The van der Waals surface area contributed by atoms with E-state index in [9.17, 15) is 13.2 Å². The molecule has 2 aromatic heterocycles. The van der Waals surface area contributed by atoms with Crippen molar-refractivity contribution in [2.45, 2.75) is 25.6 Å². The molecule has 0 spiro atoms. The Labute approximate surface area is 169 Å². The van der Waals surface area contributed by atoms with Gasteiger partial charge in [-0.1, -0.05) is 23.3 Å². The Kier molecular flexibility index (Phi) is 5.17. The highest BCUT2D eigenvalue weighted by Gasteiger charge is 2.30. The lowest BCUT2D eigenvalue weighted by molar-refractivity contribution is -0.137. The smallest absolute Gasteiger partial charge is 0.403 e. The van der Waals surface area contributed by atoms with Gasteiger partial charge in [0, 0.05) is 23.5 Å². The number of benzene rings is 2. The molecule has 10 heteroatoms. The molecule has 2 aromatic carbocycles. The first-order valence-corrected chi connectivity index (χ1v) is 9.24. The zero-order valence-electron chi connectivity index (χ0n) is 16.0. The van der Waals surface area contributed by atoms with Crippen LogP contribution in [0.15, 0.2) is 46.9 Å². The van der Waals surface area contributed by atoms with Crippen LogP contribution in [0.5, 0.6) is 0 Å². The Morgan fingerprint density at radius 1 is 1.17 bits per heavy atom. The number of halogens is 3. The highest BCUT2D eigenvalue weighted by atomic mass is 19.4. The van der Waals surface area contributed by atoms with Crippen LogP contribution in [0.4, 0.5) is 19.2 Å². The van der Waals surface area contributed by atoms with Gasteiger partial charge in [-0.2, -0.15) is 18.3 Å². The van der Waals surface area contributed by atoms with E-state index < -0.39 is 17.8 Å². The van der Waals surface area contributed by atoms with E-state index in [-0.39, 0.29) is 19.0 Å². The number of alkyl halides is 3. The fourth-order valence-electron chi connectivity index (χ4n) is 3.16. The predicted molar refractivity (Wildman–Crippen MR) is 106 cm³/mol. The molecule has 0 amide bonds. The van der Waals surface area contributed by atoms with Crippen LogP contribution in [-0.2, 0) is 12.6 Å². The lowest BCUT2D eigenvalue weighted by Crippen LogP contribution is -2.31. The van der Waals surface area contributed by atoms with Crippen LogP contribution in [0.25, 0.3) is 22.4 Å². The molecule has 4 aromatic rings. The van der Waals surface area contributed by atoms with Crippen LogP contribution in [0, 0.1) is 6.92 Å². The van der Waals surface area contributed by atoms with E-state index in [1.165, 1.54) is 6.07 Å². The zero-order chi connectivity index (χ0) is 21.3. The molecule has 0 fully saturated rings. The normalized spacial score (nSPS) is 13.0. The molecule has 0 aliphatic carbocycles. The maximum absolute atomic E-state index is 12.8. The predicted octanol–water partition coefficient (Wildman–Crippen LogP) is 3.92. The lowest BCUT2D eigenvalue weighted by Gasteiger charge is -2.13. The average molecular weight is 416 g/mol. The van der Waals surface area contributed by atoms with Crippen molar-refractivity contribution in [3.63, 3.8) is 0 Å². The molecule has 4 N–H and O–H groups in total. The van der Waals surface area contributed by atoms with Crippen LogP contribution in [0.3, 0.4) is 0 Å². The molecule has 7 nitrogen and oxygen atoms in total. The van der Waals surface area contributed by atoms with Gasteiger partial charge in [-0.15, -0.1) is 5.10 Å². The topological polar surface area (TPSA) is 106 Å². The lowest BCUT2D eigenvalue weighted by atomic mass is 10.0. The Hall–Kier alpha value is -3.40.